The Labute approximate surface area is 129 Å². The SMILES string of the molecule is CCCNC1c2ccccc2OCC1Sc1nncn1C. The maximum Gasteiger partial charge on any atom is 0.191 e. The molecule has 112 valence electrons. The second-order valence-electron chi connectivity index (χ2n) is 5.16. The molecule has 0 fully saturated rings. The van der Waals surface area contributed by atoms with Gasteiger partial charge in [-0.2, -0.15) is 0 Å². The smallest absolute Gasteiger partial charge is 0.191 e. The molecule has 0 aliphatic carbocycles. The minimum absolute atomic E-state index is 0.275. The fourth-order valence-corrected chi connectivity index (χ4v) is 3.59. The first kappa shape index (κ1) is 14.4. The van der Waals surface area contributed by atoms with Crippen molar-refractivity contribution in [1.82, 2.24) is 20.1 Å². The number of hydrogen-bond donors (Lipinski definition) is 1. The highest BCUT2D eigenvalue weighted by Gasteiger charge is 2.32. The summed E-state index contributed by atoms with van der Waals surface area (Å²) in [5.41, 5.74) is 1.23. The number of ether oxygens (including phenoxy) is 1. The third kappa shape index (κ3) is 3.06. The van der Waals surface area contributed by atoms with Crippen LogP contribution in [0.15, 0.2) is 35.7 Å². The second kappa shape index (κ2) is 6.49. The highest BCUT2D eigenvalue weighted by atomic mass is 32.2. The molecule has 0 bridgehead atoms. The number of nitrogens with zero attached hydrogens (tertiary/aromatic N) is 3. The number of rotatable bonds is 5. The Hall–Kier alpha value is -1.53. The summed E-state index contributed by atoms with van der Waals surface area (Å²) >= 11 is 1.72. The zero-order valence-corrected chi connectivity index (χ0v) is 13.1. The van der Waals surface area contributed by atoms with E-state index < -0.39 is 0 Å². The molecule has 2 atom stereocenters. The summed E-state index contributed by atoms with van der Waals surface area (Å²) in [6.45, 7) is 3.86. The number of thioether (sulfide) groups is 1. The van der Waals surface area contributed by atoms with Crippen LogP contribution in [0.5, 0.6) is 5.75 Å². The molecular weight excluding hydrogens is 284 g/mol. The Bertz CT molecular complexity index is 601. The molecule has 21 heavy (non-hydrogen) atoms. The van der Waals surface area contributed by atoms with Crippen molar-refractivity contribution in [3.63, 3.8) is 0 Å². The van der Waals surface area contributed by atoms with E-state index in [1.54, 1.807) is 18.1 Å². The monoisotopic (exact) mass is 304 g/mol. The Morgan fingerprint density at radius 2 is 2.29 bits per heavy atom. The van der Waals surface area contributed by atoms with Crippen molar-refractivity contribution in [2.45, 2.75) is 29.8 Å². The fourth-order valence-electron chi connectivity index (χ4n) is 2.50. The Morgan fingerprint density at radius 1 is 1.43 bits per heavy atom. The van der Waals surface area contributed by atoms with Crippen LogP contribution in [0.1, 0.15) is 24.9 Å². The molecule has 6 heteroatoms. The van der Waals surface area contributed by atoms with E-state index in [4.69, 9.17) is 4.74 Å². The molecule has 1 N–H and O–H groups in total. The summed E-state index contributed by atoms with van der Waals surface area (Å²) in [4.78, 5) is 0. The van der Waals surface area contributed by atoms with Gasteiger partial charge in [0.25, 0.3) is 0 Å². The number of hydrogen-bond acceptors (Lipinski definition) is 5. The Kier molecular flexibility index (Phi) is 4.45. The van der Waals surface area contributed by atoms with Gasteiger partial charge in [-0.05, 0) is 19.0 Å². The molecule has 1 aliphatic rings. The number of benzene rings is 1. The number of aromatic nitrogens is 3. The summed E-state index contributed by atoms with van der Waals surface area (Å²) in [6.07, 6.45) is 2.84. The summed E-state index contributed by atoms with van der Waals surface area (Å²) in [6, 6.07) is 8.55. The lowest BCUT2D eigenvalue weighted by Crippen LogP contribution is -2.38. The van der Waals surface area contributed by atoms with E-state index >= 15 is 0 Å². The van der Waals surface area contributed by atoms with Gasteiger partial charge in [-0.15, -0.1) is 10.2 Å². The first-order chi connectivity index (χ1) is 10.3. The molecule has 1 aromatic carbocycles. The van der Waals surface area contributed by atoms with E-state index in [1.165, 1.54) is 5.56 Å². The van der Waals surface area contributed by atoms with Gasteiger partial charge in [0.2, 0.25) is 0 Å². The lowest BCUT2D eigenvalue weighted by molar-refractivity contribution is 0.260. The molecule has 0 saturated heterocycles. The Morgan fingerprint density at radius 3 is 3.05 bits per heavy atom. The molecular formula is C15H20N4OS. The van der Waals surface area contributed by atoms with Gasteiger partial charge >= 0.3 is 0 Å². The number of fused-ring (bicyclic) bond motifs is 1. The van der Waals surface area contributed by atoms with E-state index in [1.807, 2.05) is 23.7 Å². The van der Waals surface area contributed by atoms with Crippen molar-refractivity contribution in [2.24, 2.45) is 7.05 Å². The molecule has 3 rings (SSSR count). The van der Waals surface area contributed by atoms with Crippen LogP contribution in [-0.4, -0.2) is 33.2 Å². The standard InChI is InChI=1S/C15H20N4OS/c1-3-8-16-14-11-6-4-5-7-12(11)20-9-13(14)21-15-18-17-10-19(15)2/h4-7,10,13-14,16H,3,8-9H2,1-2H3. The van der Waals surface area contributed by atoms with Crippen molar-refractivity contribution < 1.29 is 4.74 Å². The van der Waals surface area contributed by atoms with Crippen LogP contribution in [0.25, 0.3) is 0 Å². The fraction of sp³-hybridized carbons (Fsp3) is 0.467. The largest absolute Gasteiger partial charge is 0.492 e. The van der Waals surface area contributed by atoms with Crippen molar-refractivity contribution in [2.75, 3.05) is 13.2 Å². The zero-order valence-electron chi connectivity index (χ0n) is 12.3. The normalized spacial score (nSPS) is 20.9. The van der Waals surface area contributed by atoms with Gasteiger partial charge in [-0.25, -0.2) is 0 Å². The van der Waals surface area contributed by atoms with Gasteiger partial charge in [0.15, 0.2) is 5.16 Å². The van der Waals surface area contributed by atoms with Crippen molar-refractivity contribution in [3.05, 3.63) is 36.2 Å². The average molecular weight is 304 g/mol. The first-order valence-corrected chi connectivity index (χ1v) is 8.13. The van der Waals surface area contributed by atoms with Crippen molar-refractivity contribution in [1.29, 1.82) is 0 Å². The minimum Gasteiger partial charge on any atom is -0.492 e. The Balaban J connectivity index is 1.84. The number of para-hydroxylation sites is 1. The summed E-state index contributed by atoms with van der Waals surface area (Å²) in [7, 11) is 1.97. The van der Waals surface area contributed by atoms with Gasteiger partial charge in [0.1, 0.15) is 18.7 Å². The predicted molar refractivity (Wildman–Crippen MR) is 83.6 cm³/mol. The molecule has 0 radical (unpaired) electrons. The maximum atomic E-state index is 5.92. The van der Waals surface area contributed by atoms with Gasteiger partial charge < -0.3 is 14.6 Å². The average Bonchev–Trinajstić information content (AvgIpc) is 2.91. The topological polar surface area (TPSA) is 52.0 Å². The molecule has 2 heterocycles. The molecule has 2 unspecified atom stereocenters. The van der Waals surface area contributed by atoms with Crippen LogP contribution in [-0.2, 0) is 7.05 Å². The van der Waals surface area contributed by atoms with Crippen LogP contribution >= 0.6 is 11.8 Å². The zero-order chi connectivity index (χ0) is 14.7. The summed E-state index contributed by atoms with van der Waals surface area (Å²) in [5, 5.41) is 13.0. The third-order valence-electron chi connectivity index (χ3n) is 3.57. The van der Waals surface area contributed by atoms with E-state index in [2.05, 4.69) is 34.6 Å². The third-order valence-corrected chi connectivity index (χ3v) is 4.86. The lowest BCUT2D eigenvalue weighted by Gasteiger charge is -2.33. The quantitative estimate of drug-likeness (QED) is 0.919. The highest BCUT2D eigenvalue weighted by molar-refractivity contribution is 7.99. The minimum atomic E-state index is 0.275. The molecule has 2 aromatic rings. The molecule has 0 amide bonds. The van der Waals surface area contributed by atoms with Gasteiger partial charge in [0.05, 0.1) is 11.3 Å². The van der Waals surface area contributed by atoms with E-state index in [9.17, 15) is 0 Å². The molecule has 0 spiro atoms. The van der Waals surface area contributed by atoms with Crippen LogP contribution in [0.3, 0.4) is 0 Å². The number of aryl methyl sites for hydroxylation is 1. The van der Waals surface area contributed by atoms with Gasteiger partial charge in [-0.1, -0.05) is 36.9 Å². The van der Waals surface area contributed by atoms with E-state index in [0.717, 1.165) is 23.9 Å². The highest BCUT2D eigenvalue weighted by Crippen LogP contribution is 2.39. The van der Waals surface area contributed by atoms with Crippen LogP contribution in [0.4, 0.5) is 0 Å². The van der Waals surface area contributed by atoms with Crippen molar-refractivity contribution >= 4 is 11.8 Å². The van der Waals surface area contributed by atoms with Crippen LogP contribution in [0.2, 0.25) is 0 Å². The molecule has 1 aromatic heterocycles. The van der Waals surface area contributed by atoms with Crippen molar-refractivity contribution in [3.8, 4) is 5.75 Å². The summed E-state index contributed by atoms with van der Waals surface area (Å²) < 4.78 is 7.86. The second-order valence-corrected chi connectivity index (χ2v) is 6.37. The maximum absolute atomic E-state index is 5.92. The lowest BCUT2D eigenvalue weighted by atomic mass is 10.00. The molecule has 0 saturated carbocycles. The van der Waals surface area contributed by atoms with Gasteiger partial charge in [-0.3, -0.25) is 0 Å². The first-order valence-electron chi connectivity index (χ1n) is 7.25. The van der Waals surface area contributed by atoms with Crippen LogP contribution < -0.4 is 10.1 Å². The molecule has 5 nitrogen and oxygen atoms in total. The molecule has 1 aliphatic heterocycles. The number of nitrogens with one attached hydrogen (secondary N) is 1. The predicted octanol–water partition coefficient (Wildman–Crippen LogP) is 2.41. The summed E-state index contributed by atoms with van der Waals surface area (Å²) in [5.74, 6) is 0.987. The van der Waals surface area contributed by atoms with Gasteiger partial charge in [0, 0.05) is 12.6 Å². The van der Waals surface area contributed by atoms with E-state index in [-0.39, 0.29) is 11.3 Å². The van der Waals surface area contributed by atoms with Crippen LogP contribution in [0, 0.1) is 0 Å². The van der Waals surface area contributed by atoms with E-state index in [0.29, 0.717) is 6.61 Å².